The standard InChI is InChI=1S/C63H40N3OP/c67-68(46-18-6-2-7-19-46,47-20-8-3-9-21-47)48-33-28-41(29-34-48)44-30-35-51-52-36-31-45(40-57(52)63(56(51)39-44)54-24-12-10-22-49(54)50-23-11-13-25-55(50)63)43-32-37-58-53(38-43)62-65-59-26-14-15-27-60(59)66(62)61(64-58)42-16-4-1-5-17-42/h1-40H. The van der Waals surface area contributed by atoms with Crippen LogP contribution in [0.1, 0.15) is 22.3 Å². The number of aromatic nitrogens is 3. The number of imidazole rings is 1. The van der Waals surface area contributed by atoms with E-state index in [9.17, 15) is 0 Å². The Balaban J connectivity index is 0.941. The van der Waals surface area contributed by atoms with Crippen LogP contribution in [0.3, 0.4) is 0 Å². The lowest BCUT2D eigenvalue weighted by molar-refractivity contribution is 0.592. The molecule has 0 amide bonds. The van der Waals surface area contributed by atoms with Crippen LogP contribution in [-0.2, 0) is 9.98 Å². The van der Waals surface area contributed by atoms with Crippen LogP contribution in [-0.4, -0.2) is 14.4 Å². The first-order valence-corrected chi connectivity index (χ1v) is 24.9. The fraction of sp³-hybridized carbons (Fsp3) is 0.0159. The summed E-state index contributed by atoms with van der Waals surface area (Å²) in [5, 5.41) is 3.48. The molecule has 0 saturated carbocycles. The van der Waals surface area contributed by atoms with Crippen LogP contribution in [0.15, 0.2) is 243 Å². The minimum atomic E-state index is -3.12. The van der Waals surface area contributed by atoms with Gasteiger partial charge in [0, 0.05) is 26.9 Å². The topological polar surface area (TPSA) is 47.3 Å². The van der Waals surface area contributed by atoms with E-state index in [4.69, 9.17) is 9.97 Å². The van der Waals surface area contributed by atoms with Gasteiger partial charge >= 0.3 is 0 Å². The van der Waals surface area contributed by atoms with Gasteiger partial charge in [-0.25, -0.2) is 9.97 Å². The normalized spacial score (nSPS) is 13.2. The molecule has 14 rings (SSSR count). The molecule has 12 aromatic rings. The van der Waals surface area contributed by atoms with Crippen LogP contribution in [0, 0.1) is 0 Å². The average molecular weight is 886 g/mol. The van der Waals surface area contributed by atoms with Gasteiger partial charge in [0.1, 0.15) is 11.5 Å². The third kappa shape index (κ3) is 5.47. The second-order valence-corrected chi connectivity index (χ2v) is 20.7. The number of hydrogen-bond acceptors (Lipinski definition) is 3. The van der Waals surface area contributed by atoms with Gasteiger partial charge in [0.2, 0.25) is 0 Å². The zero-order valence-electron chi connectivity index (χ0n) is 36.8. The van der Waals surface area contributed by atoms with Crippen molar-refractivity contribution in [1.82, 2.24) is 14.4 Å². The molecule has 68 heavy (non-hydrogen) atoms. The number of fused-ring (bicyclic) bond motifs is 15. The Morgan fingerprint density at radius 1 is 0.353 bits per heavy atom. The Morgan fingerprint density at radius 2 is 0.824 bits per heavy atom. The monoisotopic (exact) mass is 885 g/mol. The quantitative estimate of drug-likeness (QED) is 0.156. The van der Waals surface area contributed by atoms with Crippen LogP contribution in [0.5, 0.6) is 0 Å². The number of para-hydroxylation sites is 2. The maximum atomic E-state index is 15.3. The first-order valence-electron chi connectivity index (χ1n) is 23.2. The van der Waals surface area contributed by atoms with Gasteiger partial charge in [0.15, 0.2) is 7.14 Å². The lowest BCUT2D eigenvalue weighted by Crippen LogP contribution is -2.26. The van der Waals surface area contributed by atoms with E-state index in [1.807, 2.05) is 72.8 Å². The van der Waals surface area contributed by atoms with Crippen molar-refractivity contribution in [2.75, 3.05) is 0 Å². The largest absolute Gasteiger partial charge is 0.309 e. The Hall–Kier alpha value is -8.43. The van der Waals surface area contributed by atoms with Gasteiger partial charge in [0.25, 0.3) is 0 Å². The summed E-state index contributed by atoms with van der Waals surface area (Å²) < 4.78 is 17.5. The first kappa shape index (κ1) is 38.8. The van der Waals surface area contributed by atoms with E-state index in [0.717, 1.165) is 77.1 Å². The van der Waals surface area contributed by atoms with Crippen molar-refractivity contribution in [1.29, 1.82) is 0 Å². The Kier molecular flexibility index (Phi) is 8.44. The predicted molar refractivity (Wildman–Crippen MR) is 280 cm³/mol. The zero-order valence-corrected chi connectivity index (χ0v) is 37.7. The number of nitrogens with zero attached hydrogens (tertiary/aromatic N) is 3. The fourth-order valence-corrected chi connectivity index (χ4v) is 14.1. The van der Waals surface area contributed by atoms with Crippen molar-refractivity contribution < 1.29 is 4.57 Å². The maximum Gasteiger partial charge on any atom is 0.171 e. The molecular weight excluding hydrogens is 846 g/mol. The molecular formula is C63H40N3OP. The second-order valence-electron chi connectivity index (χ2n) is 18.0. The van der Waals surface area contributed by atoms with Gasteiger partial charge in [-0.15, -0.1) is 0 Å². The van der Waals surface area contributed by atoms with Gasteiger partial charge in [-0.05, 0) is 103 Å². The van der Waals surface area contributed by atoms with Crippen molar-refractivity contribution >= 4 is 50.6 Å². The van der Waals surface area contributed by atoms with Crippen LogP contribution in [0.4, 0.5) is 0 Å². The molecule has 0 atom stereocenters. The average Bonchev–Trinajstić information content (AvgIpc) is 4.05. The minimum Gasteiger partial charge on any atom is -0.309 e. The van der Waals surface area contributed by atoms with Crippen molar-refractivity contribution in [3.63, 3.8) is 0 Å². The highest BCUT2D eigenvalue weighted by Crippen LogP contribution is 2.63. The molecule has 2 aliphatic rings. The van der Waals surface area contributed by atoms with E-state index in [1.54, 1.807) is 0 Å². The van der Waals surface area contributed by atoms with Gasteiger partial charge in [0.05, 0.1) is 22.0 Å². The molecule has 2 aliphatic carbocycles. The molecule has 4 nitrogen and oxygen atoms in total. The minimum absolute atomic E-state index is 0.558. The highest BCUT2D eigenvalue weighted by Gasteiger charge is 2.51. The van der Waals surface area contributed by atoms with Gasteiger partial charge < -0.3 is 4.57 Å². The summed E-state index contributed by atoms with van der Waals surface area (Å²) in [6.45, 7) is 0. The van der Waals surface area contributed by atoms with Crippen molar-refractivity contribution in [2.24, 2.45) is 0 Å². The summed E-state index contributed by atoms with van der Waals surface area (Å²) in [5.41, 5.74) is 18.8. The number of rotatable bonds is 6. The summed E-state index contributed by atoms with van der Waals surface area (Å²) in [6, 6.07) is 85.6. The lowest BCUT2D eigenvalue weighted by atomic mass is 9.70. The van der Waals surface area contributed by atoms with Crippen LogP contribution in [0.25, 0.3) is 83.5 Å². The SMILES string of the molecule is O=P(c1ccccc1)(c1ccccc1)c1ccc(-c2ccc3c(c2)C2(c4ccccc4-c4ccccc42)c2cc(-c4ccc5nc(-c6ccccc6)n6c7ccccc7nc6c5c4)ccc2-3)cc1. The van der Waals surface area contributed by atoms with Crippen molar-refractivity contribution in [3.8, 4) is 55.9 Å². The Bertz CT molecular complexity index is 3960. The highest BCUT2D eigenvalue weighted by atomic mass is 31.2. The van der Waals surface area contributed by atoms with E-state index in [2.05, 4.69) is 174 Å². The van der Waals surface area contributed by atoms with E-state index in [1.165, 1.54) is 44.5 Å². The van der Waals surface area contributed by atoms with E-state index < -0.39 is 12.6 Å². The van der Waals surface area contributed by atoms with Crippen LogP contribution >= 0.6 is 7.14 Å². The molecule has 0 bridgehead atoms. The number of benzene rings is 10. The first-order chi connectivity index (χ1) is 33.6. The molecule has 0 N–H and O–H groups in total. The third-order valence-electron chi connectivity index (χ3n) is 14.5. The molecule has 318 valence electrons. The maximum absolute atomic E-state index is 15.3. The van der Waals surface area contributed by atoms with E-state index in [-0.39, 0.29) is 0 Å². The van der Waals surface area contributed by atoms with E-state index >= 15 is 4.57 Å². The second kappa shape index (κ2) is 14.8. The summed E-state index contributed by atoms with van der Waals surface area (Å²) in [7, 11) is -3.12. The summed E-state index contributed by atoms with van der Waals surface area (Å²) in [4.78, 5) is 10.6. The molecule has 0 saturated heterocycles. The Morgan fingerprint density at radius 3 is 1.46 bits per heavy atom. The van der Waals surface area contributed by atoms with Crippen molar-refractivity contribution in [3.05, 3.63) is 265 Å². The third-order valence-corrected chi connectivity index (χ3v) is 17.6. The van der Waals surface area contributed by atoms with Gasteiger partial charge in [-0.1, -0.05) is 206 Å². The molecule has 0 fully saturated rings. The molecule has 5 heteroatoms. The predicted octanol–water partition coefficient (Wildman–Crippen LogP) is 14.0. The highest BCUT2D eigenvalue weighted by molar-refractivity contribution is 7.85. The molecule has 2 heterocycles. The summed E-state index contributed by atoms with van der Waals surface area (Å²) in [6.07, 6.45) is 0. The number of hydrogen-bond donors (Lipinski definition) is 0. The Labute approximate surface area is 393 Å². The molecule has 1 spiro atoms. The van der Waals surface area contributed by atoms with Gasteiger partial charge in [-0.2, -0.15) is 0 Å². The molecule has 2 aromatic heterocycles. The smallest absolute Gasteiger partial charge is 0.171 e. The molecule has 0 radical (unpaired) electrons. The fourth-order valence-electron chi connectivity index (χ4n) is 11.4. The summed E-state index contributed by atoms with van der Waals surface area (Å²) in [5.74, 6) is 0.875. The molecule has 10 aromatic carbocycles. The van der Waals surface area contributed by atoms with E-state index in [0.29, 0.717) is 0 Å². The summed E-state index contributed by atoms with van der Waals surface area (Å²) >= 11 is 0. The zero-order chi connectivity index (χ0) is 45.0. The molecule has 0 aliphatic heterocycles. The lowest BCUT2D eigenvalue weighted by Gasteiger charge is -2.31. The van der Waals surface area contributed by atoms with Crippen LogP contribution in [0.2, 0.25) is 0 Å². The molecule has 0 unspecified atom stereocenters. The van der Waals surface area contributed by atoms with Gasteiger partial charge in [-0.3, -0.25) is 4.40 Å². The van der Waals surface area contributed by atoms with Crippen LogP contribution < -0.4 is 15.9 Å². The van der Waals surface area contributed by atoms with Crippen molar-refractivity contribution in [2.45, 2.75) is 5.41 Å².